The number of nitrogens with zero attached hydrogens (tertiary/aromatic N) is 6. The molecule has 0 fully saturated rings. The Bertz CT molecular complexity index is 1550. The van der Waals surface area contributed by atoms with E-state index < -0.39 is 29.1 Å². The standard InChI is InChI=1S/C22H21F3N6O4.Re/c1-3-8-30-19(32)16-18(29(4-2)20(30)33)27-17(31(16)21(34)35)14-10-26-28(12-14)11-13-6-5-7-15(9-13)22(23,24)25;/h5-7,9-10,12H,3-4,8,11H2,1-2H3,(H,34,35);. The molecule has 4 aromatic rings. The van der Waals surface area contributed by atoms with Gasteiger partial charge in [0.15, 0.2) is 17.0 Å². The molecule has 4 rings (SSSR count). The van der Waals surface area contributed by atoms with E-state index in [2.05, 4.69) is 10.1 Å². The smallest absolute Gasteiger partial charge is 0.418 e. The third kappa shape index (κ3) is 4.78. The molecule has 3 aromatic heterocycles. The molecule has 0 spiro atoms. The van der Waals surface area contributed by atoms with Gasteiger partial charge in [0, 0.05) is 39.7 Å². The van der Waals surface area contributed by atoms with E-state index in [4.69, 9.17) is 0 Å². The molecular formula is C22H21F3N6O4Re. The summed E-state index contributed by atoms with van der Waals surface area (Å²) in [7, 11) is 0. The summed E-state index contributed by atoms with van der Waals surface area (Å²) in [6.45, 7) is 3.71. The summed E-state index contributed by atoms with van der Waals surface area (Å²) < 4.78 is 43.3. The van der Waals surface area contributed by atoms with E-state index in [0.717, 1.165) is 16.7 Å². The molecule has 0 aliphatic carbocycles. The van der Waals surface area contributed by atoms with Gasteiger partial charge in [-0.3, -0.25) is 18.6 Å². The molecule has 0 bridgehead atoms. The number of hydrogen-bond acceptors (Lipinski definition) is 5. The molecule has 0 aliphatic heterocycles. The van der Waals surface area contributed by atoms with Crippen LogP contribution in [-0.4, -0.2) is 39.7 Å². The van der Waals surface area contributed by atoms with Gasteiger partial charge in [0.25, 0.3) is 5.56 Å². The molecule has 1 N–H and O–H groups in total. The van der Waals surface area contributed by atoms with Crippen molar-refractivity contribution in [2.75, 3.05) is 0 Å². The molecule has 0 amide bonds. The Kier molecular flexibility index (Phi) is 7.71. The van der Waals surface area contributed by atoms with Gasteiger partial charge in [-0.05, 0) is 31.0 Å². The molecule has 1 radical (unpaired) electrons. The van der Waals surface area contributed by atoms with Crippen molar-refractivity contribution in [3.63, 3.8) is 0 Å². The molecular weight excluding hydrogens is 655 g/mol. The van der Waals surface area contributed by atoms with Crippen molar-refractivity contribution in [3.05, 3.63) is 68.6 Å². The fourth-order valence-electron chi connectivity index (χ4n) is 3.92. The number of fused-ring (bicyclic) bond motifs is 1. The van der Waals surface area contributed by atoms with Crippen LogP contribution in [0, 0.1) is 0 Å². The maximum absolute atomic E-state index is 13.0. The number of rotatable bonds is 6. The monoisotopic (exact) mass is 677 g/mol. The predicted octanol–water partition coefficient (Wildman–Crippen LogP) is 3.24. The second-order valence-corrected chi connectivity index (χ2v) is 7.83. The van der Waals surface area contributed by atoms with E-state index >= 15 is 0 Å². The largest absolute Gasteiger partial charge is 0.464 e. The van der Waals surface area contributed by atoms with Gasteiger partial charge in [-0.15, -0.1) is 0 Å². The van der Waals surface area contributed by atoms with Gasteiger partial charge >= 0.3 is 18.0 Å². The van der Waals surface area contributed by atoms with Crippen LogP contribution in [0.4, 0.5) is 18.0 Å². The van der Waals surface area contributed by atoms with Gasteiger partial charge in [-0.1, -0.05) is 19.1 Å². The minimum absolute atomic E-state index is 0. The Morgan fingerprint density at radius 3 is 2.47 bits per heavy atom. The van der Waals surface area contributed by atoms with E-state index in [1.54, 1.807) is 13.8 Å². The Labute approximate surface area is 215 Å². The van der Waals surface area contributed by atoms with Crippen LogP contribution in [0.5, 0.6) is 0 Å². The van der Waals surface area contributed by atoms with Crippen molar-refractivity contribution < 1.29 is 43.5 Å². The van der Waals surface area contributed by atoms with Crippen LogP contribution in [0.2, 0.25) is 0 Å². The SMILES string of the molecule is CCCn1c(=O)c2c(nc(-c3cnn(Cc4cccc(C(F)(F)F)c4)c3)n2C(=O)O)n(CC)c1=O.[Re]. The molecule has 0 atom stereocenters. The quantitative estimate of drug-likeness (QED) is 0.336. The number of imidazole rings is 1. The van der Waals surface area contributed by atoms with Crippen LogP contribution in [0.1, 0.15) is 31.4 Å². The molecule has 191 valence electrons. The van der Waals surface area contributed by atoms with E-state index in [0.29, 0.717) is 16.6 Å². The Morgan fingerprint density at radius 2 is 1.86 bits per heavy atom. The third-order valence-electron chi connectivity index (χ3n) is 5.47. The Hall–Kier alpha value is -3.50. The van der Waals surface area contributed by atoms with Crippen molar-refractivity contribution in [1.82, 2.24) is 28.5 Å². The van der Waals surface area contributed by atoms with Crippen LogP contribution >= 0.6 is 0 Å². The van der Waals surface area contributed by atoms with Crippen molar-refractivity contribution in [2.24, 2.45) is 0 Å². The topological polar surface area (TPSA) is 117 Å². The summed E-state index contributed by atoms with van der Waals surface area (Å²) in [5, 5.41) is 14.0. The number of benzene rings is 1. The third-order valence-corrected chi connectivity index (χ3v) is 5.47. The van der Waals surface area contributed by atoms with Gasteiger partial charge in [-0.25, -0.2) is 19.1 Å². The van der Waals surface area contributed by atoms with Crippen LogP contribution in [0.3, 0.4) is 0 Å². The average Bonchev–Trinajstić information content (AvgIpc) is 3.41. The molecule has 0 saturated heterocycles. The number of hydrogen-bond donors (Lipinski definition) is 1. The fourth-order valence-corrected chi connectivity index (χ4v) is 3.92. The first-order valence-corrected chi connectivity index (χ1v) is 10.7. The van der Waals surface area contributed by atoms with E-state index in [-0.39, 0.29) is 62.6 Å². The molecule has 0 aliphatic rings. The zero-order chi connectivity index (χ0) is 25.5. The minimum Gasteiger partial charge on any atom is -0.464 e. The molecule has 36 heavy (non-hydrogen) atoms. The normalized spacial score (nSPS) is 11.6. The zero-order valence-corrected chi connectivity index (χ0v) is 21.9. The molecule has 14 heteroatoms. The van der Waals surface area contributed by atoms with Gasteiger partial charge in [0.05, 0.1) is 23.9 Å². The van der Waals surface area contributed by atoms with Gasteiger partial charge in [-0.2, -0.15) is 18.3 Å². The molecule has 3 heterocycles. The van der Waals surface area contributed by atoms with E-state index in [1.165, 1.54) is 33.8 Å². The maximum Gasteiger partial charge on any atom is 0.418 e. The van der Waals surface area contributed by atoms with Gasteiger partial charge in [0.1, 0.15) is 0 Å². The number of alkyl halides is 3. The zero-order valence-electron chi connectivity index (χ0n) is 19.2. The number of carbonyl (C=O) groups is 1. The Morgan fingerprint density at radius 1 is 1.14 bits per heavy atom. The molecule has 0 saturated carbocycles. The summed E-state index contributed by atoms with van der Waals surface area (Å²) in [6, 6.07) is 4.77. The number of aromatic nitrogens is 6. The first kappa shape index (κ1) is 27.1. The summed E-state index contributed by atoms with van der Waals surface area (Å²) in [4.78, 5) is 42.3. The van der Waals surface area contributed by atoms with Gasteiger partial charge < -0.3 is 5.11 Å². The maximum atomic E-state index is 13.0. The molecule has 0 unspecified atom stereocenters. The summed E-state index contributed by atoms with van der Waals surface area (Å²) in [6.07, 6.45) is -2.76. The Balaban J connectivity index is 0.00000361. The van der Waals surface area contributed by atoms with Crippen molar-refractivity contribution in [1.29, 1.82) is 0 Å². The van der Waals surface area contributed by atoms with E-state index in [1.807, 2.05) is 0 Å². The second kappa shape index (κ2) is 10.2. The van der Waals surface area contributed by atoms with Crippen LogP contribution in [-0.2, 0) is 46.2 Å². The number of carboxylic acid groups (broad SMARTS) is 1. The van der Waals surface area contributed by atoms with Crippen molar-refractivity contribution in [2.45, 2.75) is 46.1 Å². The van der Waals surface area contributed by atoms with Crippen LogP contribution < -0.4 is 11.2 Å². The van der Waals surface area contributed by atoms with Crippen molar-refractivity contribution in [3.8, 4) is 11.4 Å². The minimum atomic E-state index is -4.49. The van der Waals surface area contributed by atoms with Crippen molar-refractivity contribution >= 4 is 17.3 Å². The second-order valence-electron chi connectivity index (χ2n) is 7.83. The predicted molar refractivity (Wildman–Crippen MR) is 119 cm³/mol. The first-order chi connectivity index (χ1) is 16.6. The number of aryl methyl sites for hydroxylation is 1. The summed E-state index contributed by atoms with van der Waals surface area (Å²) in [5.74, 6) is -0.129. The van der Waals surface area contributed by atoms with Crippen LogP contribution in [0.25, 0.3) is 22.6 Å². The first-order valence-electron chi connectivity index (χ1n) is 10.7. The van der Waals surface area contributed by atoms with Gasteiger partial charge in [0.2, 0.25) is 0 Å². The number of halogens is 3. The van der Waals surface area contributed by atoms with E-state index in [9.17, 15) is 32.7 Å². The summed E-state index contributed by atoms with van der Waals surface area (Å²) in [5.41, 5.74) is -1.93. The fraction of sp³-hybridized carbons (Fsp3) is 0.318. The average molecular weight is 677 g/mol. The molecule has 1 aromatic carbocycles. The molecule has 10 nitrogen and oxygen atoms in total. The van der Waals surface area contributed by atoms with Crippen LogP contribution in [0.15, 0.2) is 46.2 Å². The summed E-state index contributed by atoms with van der Waals surface area (Å²) >= 11 is 0.